The summed E-state index contributed by atoms with van der Waals surface area (Å²) in [7, 11) is 0. The third kappa shape index (κ3) is 7.22. The first-order valence-corrected chi connectivity index (χ1v) is 10.9. The van der Waals surface area contributed by atoms with Gasteiger partial charge in [-0.25, -0.2) is 4.98 Å². The molecule has 0 fully saturated rings. The van der Waals surface area contributed by atoms with Crippen LogP contribution in [0.25, 0.3) is 11.0 Å². The van der Waals surface area contributed by atoms with Crippen molar-refractivity contribution in [2.45, 2.75) is 33.7 Å². The SMILES string of the molecule is CCNC(=NCCCn1c(C)nc2ccccc21)NCCNC(=O)c1cccc(C)c1.I. The number of carbonyl (C=O) groups excluding carboxylic acids is 1. The van der Waals surface area contributed by atoms with Gasteiger partial charge in [-0.2, -0.15) is 0 Å². The normalized spacial score (nSPS) is 11.2. The predicted molar refractivity (Wildman–Crippen MR) is 142 cm³/mol. The van der Waals surface area contributed by atoms with Crippen molar-refractivity contribution in [1.82, 2.24) is 25.5 Å². The minimum absolute atomic E-state index is 0. The van der Waals surface area contributed by atoms with Crippen LogP contribution in [0.15, 0.2) is 53.5 Å². The van der Waals surface area contributed by atoms with Gasteiger partial charge in [0.1, 0.15) is 5.82 Å². The molecule has 3 rings (SSSR count). The van der Waals surface area contributed by atoms with E-state index >= 15 is 0 Å². The van der Waals surface area contributed by atoms with Gasteiger partial charge in [-0.15, -0.1) is 24.0 Å². The number of aryl methyl sites for hydroxylation is 3. The van der Waals surface area contributed by atoms with Crippen molar-refractivity contribution in [1.29, 1.82) is 0 Å². The van der Waals surface area contributed by atoms with E-state index in [-0.39, 0.29) is 29.9 Å². The summed E-state index contributed by atoms with van der Waals surface area (Å²) >= 11 is 0. The Labute approximate surface area is 207 Å². The second kappa shape index (κ2) is 13.0. The molecule has 7 nitrogen and oxygen atoms in total. The predicted octanol–water partition coefficient (Wildman–Crippen LogP) is 3.65. The van der Waals surface area contributed by atoms with E-state index in [1.807, 2.05) is 63.2 Å². The van der Waals surface area contributed by atoms with E-state index in [1.165, 1.54) is 5.52 Å². The summed E-state index contributed by atoms with van der Waals surface area (Å²) in [5.41, 5.74) is 3.96. The van der Waals surface area contributed by atoms with Crippen molar-refractivity contribution in [2.24, 2.45) is 4.99 Å². The lowest BCUT2D eigenvalue weighted by molar-refractivity contribution is 0.0954. The summed E-state index contributed by atoms with van der Waals surface area (Å²) in [5.74, 6) is 1.73. The highest BCUT2D eigenvalue weighted by Gasteiger charge is 2.07. The zero-order valence-electron chi connectivity index (χ0n) is 19.0. The summed E-state index contributed by atoms with van der Waals surface area (Å²) in [5, 5.41) is 9.47. The number of rotatable bonds is 9. The van der Waals surface area contributed by atoms with Crippen LogP contribution in [0.3, 0.4) is 0 Å². The molecule has 3 N–H and O–H groups in total. The Bertz CT molecular complexity index is 1050. The fourth-order valence-electron chi connectivity index (χ4n) is 3.48. The molecule has 8 heteroatoms. The van der Waals surface area contributed by atoms with Crippen LogP contribution >= 0.6 is 24.0 Å². The highest BCUT2D eigenvalue weighted by atomic mass is 127. The van der Waals surface area contributed by atoms with E-state index in [9.17, 15) is 4.79 Å². The quantitative estimate of drug-likeness (QED) is 0.165. The van der Waals surface area contributed by atoms with Crippen LogP contribution in [0.1, 0.15) is 35.1 Å². The highest BCUT2D eigenvalue weighted by molar-refractivity contribution is 14.0. The number of amides is 1. The van der Waals surface area contributed by atoms with Crippen molar-refractivity contribution in [3.63, 3.8) is 0 Å². The van der Waals surface area contributed by atoms with Gasteiger partial charge in [0.05, 0.1) is 11.0 Å². The summed E-state index contributed by atoms with van der Waals surface area (Å²) < 4.78 is 2.24. The van der Waals surface area contributed by atoms with E-state index in [0.717, 1.165) is 42.4 Å². The number of nitrogens with one attached hydrogen (secondary N) is 3. The lowest BCUT2D eigenvalue weighted by Gasteiger charge is -2.12. The van der Waals surface area contributed by atoms with E-state index in [4.69, 9.17) is 0 Å². The molecule has 1 heterocycles. The minimum atomic E-state index is -0.0598. The summed E-state index contributed by atoms with van der Waals surface area (Å²) in [6, 6.07) is 15.8. The lowest BCUT2D eigenvalue weighted by atomic mass is 10.1. The molecule has 32 heavy (non-hydrogen) atoms. The molecule has 0 saturated carbocycles. The number of hydrogen-bond donors (Lipinski definition) is 3. The Kier molecular flexibility index (Phi) is 10.5. The summed E-state index contributed by atoms with van der Waals surface area (Å²) in [4.78, 5) is 21.5. The smallest absolute Gasteiger partial charge is 0.251 e. The molecule has 0 aliphatic heterocycles. The summed E-state index contributed by atoms with van der Waals surface area (Å²) in [6.07, 6.45) is 0.919. The van der Waals surface area contributed by atoms with Crippen LogP contribution in [0.5, 0.6) is 0 Å². The Morgan fingerprint density at radius 1 is 1.03 bits per heavy atom. The maximum Gasteiger partial charge on any atom is 0.251 e. The first-order chi connectivity index (χ1) is 15.1. The third-order valence-corrected chi connectivity index (χ3v) is 4.98. The highest BCUT2D eigenvalue weighted by Crippen LogP contribution is 2.15. The Morgan fingerprint density at radius 3 is 2.59 bits per heavy atom. The second-order valence-electron chi connectivity index (χ2n) is 7.47. The average Bonchev–Trinajstić information content (AvgIpc) is 3.09. The molecule has 0 bridgehead atoms. The van der Waals surface area contributed by atoms with Crippen molar-refractivity contribution in [3.8, 4) is 0 Å². The molecule has 3 aromatic rings. The molecular formula is C24H33IN6O. The molecular weight excluding hydrogens is 515 g/mol. The number of carbonyl (C=O) groups is 1. The molecule has 0 saturated heterocycles. The van der Waals surface area contributed by atoms with Crippen molar-refractivity contribution < 1.29 is 4.79 Å². The van der Waals surface area contributed by atoms with Gasteiger partial charge in [-0.05, 0) is 51.5 Å². The molecule has 0 aliphatic rings. The largest absolute Gasteiger partial charge is 0.357 e. The Balaban J connectivity index is 0.00000363. The number of benzene rings is 2. The maximum atomic E-state index is 12.2. The molecule has 0 radical (unpaired) electrons. The standard InChI is InChI=1S/C24H32N6O.HI/c1-4-25-24(28-15-14-26-23(31)20-10-7-9-18(2)17-20)27-13-8-16-30-19(3)29-21-11-5-6-12-22(21)30;/h5-7,9-12,17H,4,8,13-16H2,1-3H3,(H,26,31)(H2,25,27,28);1H. The number of aliphatic imine (C=N–C) groups is 1. The fourth-order valence-corrected chi connectivity index (χ4v) is 3.48. The van der Waals surface area contributed by atoms with Crippen LogP contribution in [0, 0.1) is 13.8 Å². The zero-order chi connectivity index (χ0) is 22.1. The van der Waals surface area contributed by atoms with Crippen molar-refractivity contribution in [2.75, 3.05) is 26.2 Å². The Hall–Kier alpha value is -2.62. The van der Waals surface area contributed by atoms with Gasteiger partial charge in [0, 0.05) is 38.3 Å². The topological polar surface area (TPSA) is 83.3 Å². The van der Waals surface area contributed by atoms with Gasteiger partial charge < -0.3 is 20.5 Å². The number of fused-ring (bicyclic) bond motifs is 1. The first kappa shape index (κ1) is 25.6. The number of hydrogen-bond acceptors (Lipinski definition) is 3. The summed E-state index contributed by atoms with van der Waals surface area (Å²) in [6.45, 7) is 9.56. The van der Waals surface area contributed by atoms with Crippen molar-refractivity contribution in [3.05, 3.63) is 65.5 Å². The van der Waals surface area contributed by atoms with Gasteiger partial charge >= 0.3 is 0 Å². The third-order valence-electron chi connectivity index (χ3n) is 4.98. The van der Waals surface area contributed by atoms with Crippen LogP contribution in [0.2, 0.25) is 0 Å². The molecule has 2 aromatic carbocycles. The molecule has 1 aromatic heterocycles. The van der Waals surface area contributed by atoms with Gasteiger partial charge in [0.25, 0.3) is 5.91 Å². The van der Waals surface area contributed by atoms with Gasteiger partial charge in [0.2, 0.25) is 0 Å². The van der Waals surface area contributed by atoms with Crippen molar-refractivity contribution >= 4 is 46.9 Å². The van der Waals surface area contributed by atoms with Gasteiger partial charge in [-0.3, -0.25) is 9.79 Å². The molecule has 0 spiro atoms. The van der Waals surface area contributed by atoms with E-state index in [2.05, 4.69) is 36.6 Å². The Morgan fingerprint density at radius 2 is 1.81 bits per heavy atom. The minimum Gasteiger partial charge on any atom is -0.357 e. The van der Waals surface area contributed by atoms with Gasteiger partial charge in [0.15, 0.2) is 5.96 Å². The second-order valence-corrected chi connectivity index (χ2v) is 7.47. The fraction of sp³-hybridized carbons (Fsp3) is 0.375. The van der Waals surface area contributed by atoms with Crippen LogP contribution < -0.4 is 16.0 Å². The molecule has 172 valence electrons. The van der Waals surface area contributed by atoms with Crippen LogP contribution in [-0.2, 0) is 6.54 Å². The maximum absolute atomic E-state index is 12.2. The molecule has 0 unspecified atom stereocenters. The molecule has 0 atom stereocenters. The first-order valence-electron chi connectivity index (χ1n) is 10.9. The van der Waals surface area contributed by atoms with E-state index in [0.29, 0.717) is 25.2 Å². The van der Waals surface area contributed by atoms with E-state index < -0.39 is 0 Å². The molecule has 1 amide bonds. The monoisotopic (exact) mass is 548 g/mol. The number of halogens is 1. The van der Waals surface area contributed by atoms with E-state index in [1.54, 1.807) is 0 Å². The number of nitrogens with zero attached hydrogens (tertiary/aromatic N) is 3. The van der Waals surface area contributed by atoms with Gasteiger partial charge in [-0.1, -0.05) is 29.8 Å². The number of aromatic nitrogens is 2. The number of para-hydroxylation sites is 2. The molecule has 0 aliphatic carbocycles. The van der Waals surface area contributed by atoms with Crippen LogP contribution in [-0.4, -0.2) is 47.6 Å². The number of imidazole rings is 1. The average molecular weight is 548 g/mol. The zero-order valence-corrected chi connectivity index (χ0v) is 21.3. The van der Waals surface area contributed by atoms with Crippen LogP contribution in [0.4, 0.5) is 0 Å². The number of guanidine groups is 1. The lowest BCUT2D eigenvalue weighted by Crippen LogP contribution is -2.41.